The molecular weight excluding hydrogens is 450 g/mol. The molecule has 0 saturated heterocycles. The third kappa shape index (κ3) is 4.51. The van der Waals surface area contributed by atoms with Crippen molar-refractivity contribution in [2.45, 2.75) is 24.0 Å². The molecule has 31 heavy (non-hydrogen) atoms. The lowest BCUT2D eigenvalue weighted by atomic mass is 10.2. The van der Waals surface area contributed by atoms with E-state index in [1.165, 1.54) is 23.1 Å². The molecule has 5 rings (SSSR count). The summed E-state index contributed by atoms with van der Waals surface area (Å²) < 4.78 is 7.36. The van der Waals surface area contributed by atoms with E-state index >= 15 is 0 Å². The van der Waals surface area contributed by atoms with E-state index in [2.05, 4.69) is 31.1 Å². The molecule has 1 amide bonds. The van der Waals surface area contributed by atoms with Crippen molar-refractivity contribution >= 4 is 45.5 Å². The highest BCUT2D eigenvalue weighted by Gasteiger charge is 2.30. The minimum Gasteiger partial charge on any atom is -0.497 e. The summed E-state index contributed by atoms with van der Waals surface area (Å²) in [7, 11) is 1.64. The molecule has 1 aliphatic rings. The first kappa shape index (κ1) is 20.2. The van der Waals surface area contributed by atoms with Crippen LogP contribution in [0.3, 0.4) is 0 Å². The highest BCUT2D eigenvalue weighted by molar-refractivity contribution is 7.99. The summed E-state index contributed by atoms with van der Waals surface area (Å²) in [5.74, 6) is 1.84. The monoisotopic (exact) mass is 469 g/mol. The lowest BCUT2D eigenvalue weighted by Gasteiger charge is -2.07. The molecule has 1 fully saturated rings. The van der Waals surface area contributed by atoms with Gasteiger partial charge in [-0.05, 0) is 48.6 Å². The molecule has 10 heteroatoms. The molecule has 4 aromatic rings. The Hall–Kier alpha value is -2.69. The van der Waals surface area contributed by atoms with Gasteiger partial charge >= 0.3 is 0 Å². The topological polar surface area (TPSA) is 81.9 Å². The van der Waals surface area contributed by atoms with Gasteiger partial charge in [-0.2, -0.15) is 0 Å². The first-order valence-corrected chi connectivity index (χ1v) is 12.5. The van der Waals surface area contributed by atoms with Crippen LogP contribution in [0.15, 0.2) is 52.3 Å². The van der Waals surface area contributed by atoms with Crippen LogP contribution in [-0.4, -0.2) is 38.5 Å². The van der Waals surface area contributed by atoms with E-state index < -0.39 is 0 Å². The molecule has 0 atom stereocenters. The number of amides is 1. The average molecular weight is 470 g/mol. The van der Waals surface area contributed by atoms with Crippen molar-refractivity contribution in [2.75, 3.05) is 18.2 Å². The molecule has 0 aliphatic heterocycles. The normalized spacial score (nSPS) is 13.3. The molecule has 1 aliphatic carbocycles. The number of aromatic nitrogens is 4. The van der Waals surface area contributed by atoms with Crippen molar-refractivity contribution in [3.8, 4) is 27.7 Å². The Labute approximate surface area is 191 Å². The highest BCUT2D eigenvalue weighted by atomic mass is 32.2. The number of thiophene rings is 1. The van der Waals surface area contributed by atoms with Gasteiger partial charge in [0.1, 0.15) is 5.75 Å². The van der Waals surface area contributed by atoms with Gasteiger partial charge in [-0.1, -0.05) is 17.8 Å². The number of methoxy groups -OCH3 is 1. The number of hydrogen-bond donors (Lipinski definition) is 1. The van der Waals surface area contributed by atoms with E-state index in [9.17, 15) is 4.79 Å². The second-order valence-corrected chi connectivity index (χ2v) is 9.74. The van der Waals surface area contributed by atoms with Gasteiger partial charge < -0.3 is 10.1 Å². The molecule has 7 nitrogen and oxygen atoms in total. The molecule has 3 aromatic heterocycles. The van der Waals surface area contributed by atoms with Crippen LogP contribution in [0.1, 0.15) is 18.9 Å². The molecule has 0 radical (unpaired) electrons. The Morgan fingerprint density at radius 2 is 2.06 bits per heavy atom. The van der Waals surface area contributed by atoms with Crippen LogP contribution < -0.4 is 10.1 Å². The van der Waals surface area contributed by atoms with Crippen molar-refractivity contribution in [1.29, 1.82) is 0 Å². The zero-order valence-corrected chi connectivity index (χ0v) is 19.1. The highest BCUT2D eigenvalue weighted by Crippen LogP contribution is 2.41. The van der Waals surface area contributed by atoms with E-state index in [4.69, 9.17) is 4.74 Å². The second-order valence-electron chi connectivity index (χ2n) is 6.99. The number of hydrogen-bond acceptors (Lipinski definition) is 8. The molecule has 1 N–H and O–H groups in total. The number of nitrogens with zero attached hydrogens (tertiary/aromatic N) is 4. The van der Waals surface area contributed by atoms with Gasteiger partial charge in [0.15, 0.2) is 16.1 Å². The maximum Gasteiger partial charge on any atom is 0.236 e. The van der Waals surface area contributed by atoms with Crippen LogP contribution in [0, 0.1) is 0 Å². The predicted octanol–water partition coefficient (Wildman–Crippen LogP) is 5.20. The van der Waals surface area contributed by atoms with E-state index in [1.54, 1.807) is 18.4 Å². The first-order valence-electron chi connectivity index (χ1n) is 9.72. The van der Waals surface area contributed by atoms with Crippen LogP contribution in [0.4, 0.5) is 5.13 Å². The number of carbonyl (C=O) groups excluding carboxylic acids is 1. The molecule has 1 aromatic carbocycles. The maximum atomic E-state index is 12.5. The zero-order valence-electron chi connectivity index (χ0n) is 16.6. The summed E-state index contributed by atoms with van der Waals surface area (Å²) in [6, 6.07) is 12.2. The Balaban J connectivity index is 1.22. The minimum absolute atomic E-state index is 0.108. The summed E-state index contributed by atoms with van der Waals surface area (Å²) in [5, 5.41) is 17.0. The number of thioether (sulfide) groups is 1. The smallest absolute Gasteiger partial charge is 0.236 e. The number of thiazole rings is 1. The van der Waals surface area contributed by atoms with E-state index in [-0.39, 0.29) is 11.7 Å². The number of ether oxygens (including phenoxy) is 1. The van der Waals surface area contributed by atoms with Gasteiger partial charge in [0.2, 0.25) is 5.91 Å². The Bertz CT molecular complexity index is 1180. The third-order valence-corrected chi connectivity index (χ3v) is 7.35. The van der Waals surface area contributed by atoms with Crippen LogP contribution >= 0.6 is 34.4 Å². The van der Waals surface area contributed by atoms with Gasteiger partial charge in [0.25, 0.3) is 0 Å². The Morgan fingerprint density at radius 1 is 1.23 bits per heavy atom. The zero-order chi connectivity index (χ0) is 21.2. The van der Waals surface area contributed by atoms with Crippen molar-refractivity contribution in [1.82, 2.24) is 19.7 Å². The summed E-state index contributed by atoms with van der Waals surface area (Å²) in [4.78, 5) is 18.1. The number of anilines is 1. The van der Waals surface area contributed by atoms with Crippen molar-refractivity contribution in [3.63, 3.8) is 0 Å². The van der Waals surface area contributed by atoms with Crippen LogP contribution in [-0.2, 0) is 4.79 Å². The molecule has 3 heterocycles. The van der Waals surface area contributed by atoms with Crippen LogP contribution in [0.25, 0.3) is 22.0 Å². The fourth-order valence-electron chi connectivity index (χ4n) is 3.12. The lowest BCUT2D eigenvalue weighted by Crippen LogP contribution is -2.14. The first-order chi connectivity index (χ1) is 15.2. The molecular formula is C21H19N5O2S3. The summed E-state index contributed by atoms with van der Waals surface area (Å²) >= 11 is 4.47. The molecule has 0 unspecified atom stereocenters. The molecule has 1 saturated carbocycles. The maximum absolute atomic E-state index is 12.5. The van der Waals surface area contributed by atoms with Crippen molar-refractivity contribution in [3.05, 3.63) is 47.2 Å². The second kappa shape index (κ2) is 8.81. The van der Waals surface area contributed by atoms with E-state index in [0.717, 1.165) is 45.7 Å². The molecule has 158 valence electrons. The SMILES string of the molecule is COc1ccc(-c2csc(NC(=O)CSc3nnc(-c4cccs4)n3C3CC3)n2)cc1. The number of nitrogens with one attached hydrogen (secondary N) is 1. The Kier molecular flexibility index (Phi) is 5.75. The fourth-order valence-corrected chi connectivity index (χ4v) is 5.37. The summed E-state index contributed by atoms with van der Waals surface area (Å²) in [6.07, 6.45) is 2.26. The van der Waals surface area contributed by atoms with Gasteiger partial charge in [-0.3, -0.25) is 9.36 Å². The standard InChI is InChI=1S/C21H19N5O2S3/c1-28-15-8-4-13(5-9-15)16-11-30-20(22-16)23-18(27)12-31-21-25-24-19(17-3-2-10-29-17)26(21)14-6-7-14/h2-5,8-11,14H,6-7,12H2,1H3,(H,22,23,27). The van der Waals surface area contributed by atoms with Gasteiger partial charge in [-0.15, -0.1) is 32.9 Å². The van der Waals surface area contributed by atoms with E-state index in [0.29, 0.717) is 11.2 Å². The van der Waals surface area contributed by atoms with Crippen molar-refractivity contribution in [2.24, 2.45) is 0 Å². The molecule has 0 bridgehead atoms. The largest absolute Gasteiger partial charge is 0.497 e. The predicted molar refractivity (Wildman–Crippen MR) is 125 cm³/mol. The van der Waals surface area contributed by atoms with Gasteiger partial charge in [0.05, 0.1) is 23.4 Å². The number of rotatable bonds is 8. The lowest BCUT2D eigenvalue weighted by molar-refractivity contribution is -0.113. The molecule has 0 spiro atoms. The summed E-state index contributed by atoms with van der Waals surface area (Å²) in [6.45, 7) is 0. The minimum atomic E-state index is -0.108. The third-order valence-electron chi connectivity index (χ3n) is 4.79. The van der Waals surface area contributed by atoms with Crippen LogP contribution in [0.5, 0.6) is 5.75 Å². The summed E-state index contributed by atoms with van der Waals surface area (Å²) in [5.41, 5.74) is 1.80. The number of carbonyl (C=O) groups is 1. The van der Waals surface area contributed by atoms with Gasteiger partial charge in [-0.25, -0.2) is 4.98 Å². The fraction of sp³-hybridized carbons (Fsp3) is 0.238. The van der Waals surface area contributed by atoms with Crippen molar-refractivity contribution < 1.29 is 9.53 Å². The Morgan fingerprint density at radius 3 is 2.77 bits per heavy atom. The number of benzene rings is 1. The average Bonchev–Trinajstić information content (AvgIpc) is 3.19. The van der Waals surface area contributed by atoms with E-state index in [1.807, 2.05) is 41.1 Å². The van der Waals surface area contributed by atoms with Gasteiger partial charge in [0, 0.05) is 17.0 Å². The quantitative estimate of drug-likeness (QED) is 0.357. The van der Waals surface area contributed by atoms with Crippen LogP contribution in [0.2, 0.25) is 0 Å².